The van der Waals surface area contributed by atoms with Gasteiger partial charge in [0.2, 0.25) is 0 Å². The van der Waals surface area contributed by atoms with Crippen molar-refractivity contribution in [2.75, 3.05) is 0 Å². The van der Waals surface area contributed by atoms with E-state index in [0.29, 0.717) is 0 Å². The Hall–Kier alpha value is -2.88. The van der Waals surface area contributed by atoms with Crippen LogP contribution in [0.1, 0.15) is 24.1 Å². The molecule has 22 heavy (non-hydrogen) atoms. The second kappa shape index (κ2) is 5.48. The average Bonchev–Trinajstić information content (AvgIpc) is 2.87. The van der Waals surface area contributed by atoms with Gasteiger partial charge in [0.1, 0.15) is 0 Å². The molecule has 0 fully saturated rings. The fraction of sp³-hybridized carbons (Fsp3) is 0.111. The highest BCUT2D eigenvalue weighted by molar-refractivity contribution is 5.78. The van der Waals surface area contributed by atoms with E-state index in [1.54, 1.807) is 6.20 Å². The van der Waals surface area contributed by atoms with Gasteiger partial charge in [-0.3, -0.25) is 10.1 Å². The van der Waals surface area contributed by atoms with Gasteiger partial charge >= 0.3 is 0 Å². The Morgan fingerprint density at radius 3 is 2.09 bits per heavy atom. The summed E-state index contributed by atoms with van der Waals surface area (Å²) in [5.41, 5.74) is 4.69. The first kappa shape index (κ1) is 14.1. The van der Waals surface area contributed by atoms with E-state index in [9.17, 15) is 10.1 Å². The van der Waals surface area contributed by atoms with Crippen molar-refractivity contribution in [1.82, 2.24) is 4.90 Å². The summed E-state index contributed by atoms with van der Waals surface area (Å²) in [6.45, 7) is 5.31. The maximum absolute atomic E-state index is 10.9. The fourth-order valence-corrected chi connectivity index (χ4v) is 2.95. The van der Waals surface area contributed by atoms with E-state index in [0.717, 1.165) is 11.1 Å². The third-order valence-electron chi connectivity index (χ3n) is 3.93. The number of benzene rings is 2. The van der Waals surface area contributed by atoms with Crippen LogP contribution in [0.3, 0.4) is 0 Å². The van der Waals surface area contributed by atoms with E-state index in [1.807, 2.05) is 29.2 Å². The summed E-state index contributed by atoms with van der Waals surface area (Å²) < 4.78 is 0. The summed E-state index contributed by atoms with van der Waals surface area (Å²) in [6.07, 6.45) is 3.17. The lowest BCUT2D eigenvalue weighted by molar-refractivity contribution is -0.425. The molecule has 3 rings (SSSR count). The number of hydrogen-bond donors (Lipinski definition) is 0. The quantitative estimate of drug-likeness (QED) is 0.622. The minimum Gasteiger partial charge on any atom is -0.338 e. The van der Waals surface area contributed by atoms with E-state index in [-0.39, 0.29) is 16.7 Å². The van der Waals surface area contributed by atoms with Crippen LogP contribution in [0.5, 0.6) is 0 Å². The fourth-order valence-electron chi connectivity index (χ4n) is 2.95. The van der Waals surface area contributed by atoms with E-state index < -0.39 is 0 Å². The molecule has 0 N–H and O–H groups in total. The van der Waals surface area contributed by atoms with Crippen molar-refractivity contribution in [3.63, 3.8) is 0 Å². The van der Waals surface area contributed by atoms with Gasteiger partial charge in [-0.05, 0) is 28.5 Å². The van der Waals surface area contributed by atoms with E-state index in [2.05, 4.69) is 30.8 Å². The van der Waals surface area contributed by atoms with Crippen molar-refractivity contribution < 1.29 is 4.92 Å². The lowest BCUT2D eigenvalue weighted by Crippen LogP contribution is -2.18. The summed E-state index contributed by atoms with van der Waals surface area (Å²) in [6, 6.07) is 16.2. The molecule has 4 nitrogen and oxygen atoms in total. The highest BCUT2D eigenvalue weighted by Crippen LogP contribution is 2.46. The van der Waals surface area contributed by atoms with Crippen LogP contribution in [-0.2, 0) is 0 Å². The zero-order chi connectivity index (χ0) is 15.7. The predicted octanol–water partition coefficient (Wildman–Crippen LogP) is 4.34. The molecular formula is C18H16N2O2. The van der Waals surface area contributed by atoms with Crippen LogP contribution < -0.4 is 0 Å². The van der Waals surface area contributed by atoms with Gasteiger partial charge in [0, 0.05) is 6.92 Å². The van der Waals surface area contributed by atoms with Crippen molar-refractivity contribution in [3.8, 4) is 11.1 Å². The Balaban J connectivity index is 2.15. The molecule has 0 saturated carbocycles. The number of nitrogens with zero attached hydrogens (tertiary/aromatic N) is 2. The number of fused-ring (bicyclic) bond motifs is 3. The Kier molecular flexibility index (Phi) is 3.51. The summed E-state index contributed by atoms with van der Waals surface area (Å²) >= 11 is 0. The second-order valence-electron chi connectivity index (χ2n) is 5.23. The van der Waals surface area contributed by atoms with Crippen LogP contribution in [-0.4, -0.2) is 9.82 Å². The zero-order valence-corrected chi connectivity index (χ0v) is 12.3. The molecule has 0 spiro atoms. The molecule has 0 atom stereocenters. The first-order valence-electron chi connectivity index (χ1n) is 7.04. The molecule has 2 aromatic rings. The monoisotopic (exact) mass is 292 g/mol. The Bertz CT molecular complexity index is 735. The molecule has 0 aliphatic heterocycles. The first-order valence-corrected chi connectivity index (χ1v) is 7.04. The SMILES string of the molecule is C=CN(/C=C(\C)[N+](=O)[O-])C1c2ccccc2-c2ccccc21. The van der Waals surface area contributed by atoms with Crippen LogP contribution in [0.25, 0.3) is 11.1 Å². The molecule has 1 aliphatic rings. The third kappa shape index (κ3) is 2.19. The summed E-state index contributed by atoms with van der Waals surface area (Å²) in [4.78, 5) is 12.4. The number of allylic oxidation sites excluding steroid dienone is 1. The standard InChI is InChI=1S/C18H16N2O2/c1-3-19(12-13(2)20(21)22)18-16-10-6-4-8-14(16)15-9-5-7-11-17(15)18/h3-12,18H,1H2,2H3/b13-12+. The first-order chi connectivity index (χ1) is 10.6. The van der Waals surface area contributed by atoms with Crippen molar-refractivity contribution in [3.05, 3.63) is 94.4 Å². The van der Waals surface area contributed by atoms with Gasteiger partial charge < -0.3 is 4.90 Å². The van der Waals surface area contributed by atoms with Crippen molar-refractivity contribution >= 4 is 0 Å². The summed E-state index contributed by atoms with van der Waals surface area (Å²) in [5.74, 6) is 0. The zero-order valence-electron chi connectivity index (χ0n) is 12.3. The topological polar surface area (TPSA) is 46.4 Å². The number of rotatable bonds is 4. The van der Waals surface area contributed by atoms with Crippen molar-refractivity contribution in [1.29, 1.82) is 0 Å². The highest BCUT2D eigenvalue weighted by atomic mass is 16.6. The minimum absolute atomic E-state index is 0.0835. The third-order valence-corrected chi connectivity index (χ3v) is 3.93. The Labute approximate surface area is 129 Å². The molecule has 2 aromatic carbocycles. The largest absolute Gasteiger partial charge is 0.338 e. The summed E-state index contributed by atoms with van der Waals surface area (Å²) in [5, 5.41) is 10.9. The molecule has 0 heterocycles. The predicted molar refractivity (Wildman–Crippen MR) is 86.5 cm³/mol. The number of nitro groups is 1. The van der Waals surface area contributed by atoms with Gasteiger partial charge in [0.05, 0.1) is 17.2 Å². The highest BCUT2D eigenvalue weighted by Gasteiger charge is 2.31. The van der Waals surface area contributed by atoms with Gasteiger partial charge in [-0.15, -0.1) is 0 Å². The van der Waals surface area contributed by atoms with E-state index in [1.165, 1.54) is 24.3 Å². The van der Waals surface area contributed by atoms with Crippen LogP contribution >= 0.6 is 0 Å². The lowest BCUT2D eigenvalue weighted by Gasteiger charge is -2.25. The molecule has 0 amide bonds. The molecule has 0 unspecified atom stereocenters. The average molecular weight is 292 g/mol. The van der Waals surface area contributed by atoms with Gasteiger partial charge in [-0.25, -0.2) is 0 Å². The normalized spacial score (nSPS) is 13.4. The van der Waals surface area contributed by atoms with Crippen LogP contribution in [0, 0.1) is 10.1 Å². The van der Waals surface area contributed by atoms with Crippen LogP contribution in [0.2, 0.25) is 0 Å². The van der Waals surface area contributed by atoms with Gasteiger partial charge in [-0.2, -0.15) is 0 Å². The molecule has 0 bridgehead atoms. The lowest BCUT2D eigenvalue weighted by atomic mass is 10.0. The molecule has 4 heteroatoms. The molecule has 110 valence electrons. The molecule has 1 aliphatic carbocycles. The van der Waals surface area contributed by atoms with Crippen LogP contribution in [0.4, 0.5) is 0 Å². The van der Waals surface area contributed by atoms with Crippen LogP contribution in [0.15, 0.2) is 73.2 Å². The van der Waals surface area contributed by atoms with Gasteiger partial charge in [0.15, 0.2) is 0 Å². The molecule has 0 saturated heterocycles. The smallest absolute Gasteiger partial charge is 0.259 e. The van der Waals surface area contributed by atoms with E-state index >= 15 is 0 Å². The molecule has 0 aromatic heterocycles. The number of hydrogen-bond acceptors (Lipinski definition) is 3. The Morgan fingerprint density at radius 1 is 1.14 bits per heavy atom. The maximum atomic E-state index is 10.9. The second-order valence-corrected chi connectivity index (χ2v) is 5.23. The summed E-state index contributed by atoms with van der Waals surface area (Å²) in [7, 11) is 0. The Morgan fingerprint density at radius 2 is 1.64 bits per heavy atom. The minimum atomic E-state index is -0.386. The van der Waals surface area contributed by atoms with Gasteiger partial charge in [-0.1, -0.05) is 55.1 Å². The molecular weight excluding hydrogens is 276 g/mol. The van der Waals surface area contributed by atoms with E-state index in [4.69, 9.17) is 0 Å². The van der Waals surface area contributed by atoms with Crippen molar-refractivity contribution in [2.45, 2.75) is 13.0 Å². The van der Waals surface area contributed by atoms with Gasteiger partial charge in [0.25, 0.3) is 5.70 Å². The van der Waals surface area contributed by atoms with Crippen molar-refractivity contribution in [2.24, 2.45) is 0 Å². The maximum Gasteiger partial charge on any atom is 0.259 e. The molecule has 0 radical (unpaired) electrons.